The normalized spacial score (nSPS) is 19.4. The molecule has 71 heavy (non-hydrogen) atoms. The van der Waals surface area contributed by atoms with E-state index < -0.39 is 24.0 Å². The molecule has 368 valence electrons. The first-order valence-electron chi connectivity index (χ1n) is 23.4. The average Bonchev–Trinajstić information content (AvgIpc) is 3.93. The second kappa shape index (κ2) is 20.7. The Kier molecular flexibility index (Phi) is 14.0. The molecule has 2 saturated heterocycles. The van der Waals surface area contributed by atoms with Gasteiger partial charge in [-0.1, -0.05) is 29.8 Å². The van der Waals surface area contributed by atoms with Crippen molar-refractivity contribution in [2.45, 2.75) is 57.9 Å². The van der Waals surface area contributed by atoms with Crippen LogP contribution < -0.4 is 23.7 Å². The molecule has 0 amide bonds. The van der Waals surface area contributed by atoms with E-state index in [1.165, 1.54) is 29.8 Å². The molecule has 4 aromatic carbocycles. The van der Waals surface area contributed by atoms with Crippen molar-refractivity contribution in [2.75, 3.05) is 59.6 Å². The number of hydrogen-bond donors (Lipinski definition) is 1. The Morgan fingerprint density at radius 2 is 1.70 bits per heavy atom. The summed E-state index contributed by atoms with van der Waals surface area (Å²) in [6.07, 6.45) is 0.805. The molecule has 3 aromatic heterocycles. The van der Waals surface area contributed by atoms with Crippen LogP contribution >= 0.6 is 22.9 Å². The summed E-state index contributed by atoms with van der Waals surface area (Å²) in [5.41, 5.74) is 4.69. The smallest absolute Gasteiger partial charge is 0.345 e. The number of piperazine rings is 1. The van der Waals surface area contributed by atoms with Crippen LogP contribution in [0.25, 0.3) is 43.2 Å². The van der Waals surface area contributed by atoms with E-state index in [0.717, 1.165) is 47.7 Å². The highest BCUT2D eigenvalue weighted by Crippen LogP contribution is 2.50. The summed E-state index contributed by atoms with van der Waals surface area (Å²) in [4.78, 5) is 37.7. The minimum Gasteiger partial charge on any atom is -0.491 e. The maximum absolute atomic E-state index is 14.3. The largest absolute Gasteiger partial charge is 0.491 e. The molecule has 4 aliphatic heterocycles. The van der Waals surface area contributed by atoms with E-state index in [-0.39, 0.29) is 37.4 Å². The van der Waals surface area contributed by atoms with Crippen LogP contribution in [-0.4, -0.2) is 125 Å². The van der Waals surface area contributed by atoms with Gasteiger partial charge in [0.2, 0.25) is 12.0 Å². The highest BCUT2D eigenvalue weighted by Gasteiger charge is 2.33. The number of halogens is 2. The molecule has 0 radical (unpaired) electrons. The molecule has 0 saturated carbocycles. The Balaban J connectivity index is 0.976. The van der Waals surface area contributed by atoms with Gasteiger partial charge >= 0.3 is 5.97 Å². The first kappa shape index (κ1) is 48.2. The minimum atomic E-state index is -1.45. The Labute approximate surface area is 419 Å². The predicted molar refractivity (Wildman–Crippen MR) is 266 cm³/mol. The Bertz CT molecular complexity index is 3040. The zero-order chi connectivity index (χ0) is 49.2. The number of rotatable bonds is 11. The molecule has 4 aliphatic rings. The molecular weight excluding hydrogens is 951 g/mol. The van der Waals surface area contributed by atoms with E-state index in [4.69, 9.17) is 49.7 Å². The van der Waals surface area contributed by atoms with Crippen LogP contribution in [0.3, 0.4) is 0 Å². The number of carbonyl (C=O) groups is 1. The van der Waals surface area contributed by atoms with Gasteiger partial charge in [-0.2, -0.15) is 0 Å². The summed E-state index contributed by atoms with van der Waals surface area (Å²) in [6, 6.07) is 24.5. The van der Waals surface area contributed by atoms with Crippen molar-refractivity contribution in [2.24, 2.45) is 0 Å². The zero-order valence-corrected chi connectivity index (χ0v) is 41.2. The van der Waals surface area contributed by atoms with Gasteiger partial charge in [-0.3, -0.25) is 4.90 Å². The van der Waals surface area contributed by atoms with Gasteiger partial charge in [-0.15, -0.1) is 11.3 Å². The summed E-state index contributed by atoms with van der Waals surface area (Å²) in [6.45, 7) is 10.8. The number of carboxylic acids is 1. The summed E-state index contributed by atoms with van der Waals surface area (Å²) >= 11 is 8.61. The lowest BCUT2D eigenvalue weighted by Gasteiger charge is -2.34. The van der Waals surface area contributed by atoms with Gasteiger partial charge in [0, 0.05) is 66.9 Å². The molecule has 3 atom stereocenters. The molecule has 4 bridgehead atoms. The molecule has 7 aromatic rings. The zero-order valence-electron chi connectivity index (χ0n) is 39.6. The number of fused-ring (bicyclic) bond motifs is 7. The van der Waals surface area contributed by atoms with Crippen molar-refractivity contribution in [1.29, 1.82) is 0 Å². The third-order valence-corrected chi connectivity index (χ3v) is 14.3. The highest BCUT2D eigenvalue weighted by atomic mass is 35.5. The maximum Gasteiger partial charge on any atom is 0.345 e. The number of thiophene rings is 1. The van der Waals surface area contributed by atoms with Crippen LogP contribution in [0.2, 0.25) is 5.02 Å². The van der Waals surface area contributed by atoms with Crippen LogP contribution in [0.1, 0.15) is 30.7 Å². The SMILES string of the molecule is Cc1c2ccc(c1Cl)O[C@H](CN1CCN(C)CC1)COc1ccc(OCc3ccnc(-c4ccc(OC[C@H]5COC(C)(C)O5)cc4)n3)c(c1)C[C@H](C(=O)O)Oc1ncnc3sc(-c4ccc(F)cc4)c-2c13. The van der Waals surface area contributed by atoms with Crippen LogP contribution in [-0.2, 0) is 27.3 Å². The second-order valence-corrected chi connectivity index (χ2v) is 19.6. The van der Waals surface area contributed by atoms with Crippen LogP contribution in [0.4, 0.5) is 4.39 Å². The van der Waals surface area contributed by atoms with E-state index in [9.17, 15) is 14.3 Å². The van der Waals surface area contributed by atoms with Gasteiger partial charge in [0.05, 0.1) is 22.7 Å². The number of aliphatic carboxylic acids is 1. The summed E-state index contributed by atoms with van der Waals surface area (Å²) in [5, 5.41) is 11.8. The van der Waals surface area contributed by atoms with Gasteiger partial charge in [0.25, 0.3) is 0 Å². The van der Waals surface area contributed by atoms with Crippen molar-refractivity contribution >= 4 is 39.1 Å². The number of hydrogen-bond acceptors (Lipinski definition) is 15. The molecule has 11 rings (SSSR count). The summed E-state index contributed by atoms with van der Waals surface area (Å²) < 4.78 is 58.0. The first-order chi connectivity index (χ1) is 34.3. The fourth-order valence-electron chi connectivity index (χ4n) is 8.85. The quantitative estimate of drug-likeness (QED) is 0.131. The van der Waals surface area contributed by atoms with E-state index >= 15 is 0 Å². The lowest BCUT2D eigenvalue weighted by molar-refractivity contribution is -0.145. The second-order valence-electron chi connectivity index (χ2n) is 18.2. The first-order valence-corrected chi connectivity index (χ1v) is 24.6. The number of nitrogens with zero attached hydrogens (tertiary/aromatic N) is 6. The molecule has 1 N–H and O–H groups in total. The van der Waals surface area contributed by atoms with Crippen molar-refractivity contribution in [3.63, 3.8) is 0 Å². The predicted octanol–water partition coefficient (Wildman–Crippen LogP) is 9.15. The van der Waals surface area contributed by atoms with Gasteiger partial charge in [-0.25, -0.2) is 29.1 Å². The van der Waals surface area contributed by atoms with E-state index in [0.29, 0.717) is 86.2 Å². The molecule has 7 heterocycles. The molecule has 0 unspecified atom stereocenters. The van der Waals surface area contributed by atoms with Crippen molar-refractivity contribution < 1.29 is 47.4 Å². The van der Waals surface area contributed by atoms with Gasteiger partial charge in [-0.05, 0) is 111 Å². The minimum absolute atomic E-state index is 0.0392. The van der Waals surface area contributed by atoms with E-state index in [1.807, 2.05) is 57.2 Å². The van der Waals surface area contributed by atoms with Crippen molar-refractivity contribution in [1.82, 2.24) is 29.7 Å². The molecule has 18 heteroatoms. The van der Waals surface area contributed by atoms with Crippen LogP contribution in [0.15, 0.2) is 97.5 Å². The van der Waals surface area contributed by atoms with Gasteiger partial charge in [0.1, 0.15) is 72.0 Å². The third kappa shape index (κ3) is 11.1. The summed E-state index contributed by atoms with van der Waals surface area (Å²) in [7, 11) is 2.11. The van der Waals surface area contributed by atoms with Crippen LogP contribution in [0, 0.1) is 12.7 Å². The Morgan fingerprint density at radius 3 is 2.46 bits per heavy atom. The van der Waals surface area contributed by atoms with Crippen molar-refractivity contribution in [3.05, 3.63) is 125 Å². The lowest BCUT2D eigenvalue weighted by Crippen LogP contribution is -2.49. The average molecular weight is 1000 g/mol. The lowest BCUT2D eigenvalue weighted by atomic mass is 9.96. The fraction of sp³-hybridized carbons (Fsp3) is 0.340. The van der Waals surface area contributed by atoms with Crippen LogP contribution in [0.5, 0.6) is 28.9 Å². The molecule has 0 spiro atoms. The fourth-order valence-corrected chi connectivity index (χ4v) is 10.2. The number of benzene rings is 4. The van der Waals surface area contributed by atoms with Gasteiger partial charge in [0.15, 0.2) is 11.6 Å². The number of carboxylic acid groups (broad SMARTS) is 1. The number of ether oxygens (including phenoxy) is 7. The Morgan fingerprint density at radius 1 is 0.915 bits per heavy atom. The number of aromatic nitrogens is 4. The standard InChI is InChI=1S/C53H52ClFN6O9S/c1-31-41-14-16-43(47(31)54)68-39(25-61-21-19-60(4)20-22-61)27-65-38-13-15-42(66-26-36-17-18-56-49(59-36)33-7-11-37(12-8-33)64-28-40-29-67-53(2,3)70-40)34(23-38)24-44(52(62)63)69-50-46-45(41)48(71-51(46)58-30-57-50)32-5-9-35(55)10-6-32/h5-18,23,30,39-40,44H,19-22,24-29H2,1-4H3,(H,62,63)/t39-,40+,44-/m1/s1. The molecule has 15 nitrogen and oxygen atoms in total. The summed E-state index contributed by atoms with van der Waals surface area (Å²) in [5.74, 6) is 0.343. The topological polar surface area (TPSA) is 160 Å². The van der Waals surface area contributed by atoms with Gasteiger partial charge < -0.3 is 43.2 Å². The monoisotopic (exact) mass is 1000 g/mol. The maximum atomic E-state index is 14.3. The molecule has 2 fully saturated rings. The molecule has 0 aliphatic carbocycles. The molecular formula is C53H52ClFN6O9S. The number of likely N-dealkylation sites (N-methyl/N-ethyl adjacent to an activating group) is 1. The van der Waals surface area contributed by atoms with Crippen molar-refractivity contribution in [3.8, 4) is 61.8 Å². The van der Waals surface area contributed by atoms with E-state index in [2.05, 4.69) is 31.8 Å². The van der Waals surface area contributed by atoms with E-state index in [1.54, 1.807) is 42.6 Å². The Hall–Kier alpha value is -6.47. The highest BCUT2D eigenvalue weighted by molar-refractivity contribution is 7.22. The third-order valence-electron chi connectivity index (χ3n) is 12.6.